The summed E-state index contributed by atoms with van der Waals surface area (Å²) in [5.41, 5.74) is 6.92. The average Bonchev–Trinajstić information content (AvgIpc) is 2.64. The van der Waals surface area contributed by atoms with E-state index in [1.165, 1.54) is 23.1 Å². The molecule has 7 heteroatoms. The van der Waals surface area contributed by atoms with Crippen LogP contribution in [0.15, 0.2) is 59.5 Å². The number of carbonyl (C=O) groups is 1. The number of hydrogen-bond donors (Lipinski definition) is 2. The Hall–Kier alpha value is -2.22. The number of carbonyl (C=O) groups excluding carboxylic acids is 1. The van der Waals surface area contributed by atoms with Gasteiger partial charge in [-0.25, -0.2) is 0 Å². The minimum absolute atomic E-state index is 0.141. The van der Waals surface area contributed by atoms with E-state index >= 15 is 0 Å². The van der Waals surface area contributed by atoms with Crippen molar-refractivity contribution in [3.63, 3.8) is 0 Å². The third-order valence-electron chi connectivity index (χ3n) is 4.11. The lowest BCUT2D eigenvalue weighted by Gasteiger charge is -2.27. The van der Waals surface area contributed by atoms with Crippen LogP contribution in [0.2, 0.25) is 0 Å². The molecule has 2 aromatic carbocycles. The molecule has 0 aromatic heterocycles. The highest BCUT2D eigenvalue weighted by molar-refractivity contribution is 7.86. The minimum Gasteiger partial charge on any atom is -0.316 e. The topological polar surface area (TPSA) is 101 Å². The van der Waals surface area contributed by atoms with Crippen LogP contribution in [-0.4, -0.2) is 25.4 Å². The first-order chi connectivity index (χ1) is 12.4. The van der Waals surface area contributed by atoms with Gasteiger partial charge >= 0.3 is 0 Å². The Morgan fingerprint density at radius 1 is 1.08 bits per heavy atom. The summed E-state index contributed by atoms with van der Waals surface area (Å²) in [5, 5.41) is 0. The second-order valence-corrected chi connectivity index (χ2v) is 7.42. The van der Waals surface area contributed by atoms with Crippen molar-refractivity contribution >= 4 is 21.7 Å². The van der Waals surface area contributed by atoms with Gasteiger partial charge in [-0.15, -0.1) is 0 Å². The van der Waals surface area contributed by atoms with Gasteiger partial charge in [0.15, 0.2) is 0 Å². The fraction of sp³-hybridized carbons (Fsp3) is 0.316. The van der Waals surface area contributed by atoms with Crippen LogP contribution in [0.1, 0.15) is 37.8 Å². The molecule has 0 aliphatic rings. The van der Waals surface area contributed by atoms with Gasteiger partial charge in [0.25, 0.3) is 10.1 Å². The summed E-state index contributed by atoms with van der Waals surface area (Å²) in [4.78, 5) is 14.1. The molecule has 1 atom stereocenters. The van der Waals surface area contributed by atoms with E-state index in [2.05, 4.69) is 0 Å². The number of rotatable bonds is 8. The molecule has 0 aliphatic carbocycles. The maximum Gasteiger partial charge on any atom is 0.296 e. The first-order valence-corrected chi connectivity index (χ1v) is 9.98. The van der Waals surface area contributed by atoms with E-state index in [0.717, 1.165) is 12.8 Å². The lowest BCUT2D eigenvalue weighted by Crippen LogP contribution is -2.40. The number of hydrogen-bond acceptors (Lipinski definition) is 4. The Kier molecular flexibility index (Phi) is 6.90. The number of anilines is 1. The lowest BCUT2D eigenvalue weighted by atomic mass is 10.1. The SMILES string of the molecule is CCCCCN(C(=O)[C@@H](N)c1ccccc1)c1ccccc1S(=O)(=O)O. The second-order valence-electron chi connectivity index (χ2n) is 6.03. The summed E-state index contributed by atoms with van der Waals surface area (Å²) in [6.07, 6.45) is 2.54. The number of para-hydroxylation sites is 1. The molecule has 0 radical (unpaired) electrons. The van der Waals surface area contributed by atoms with Gasteiger partial charge in [-0.05, 0) is 24.1 Å². The van der Waals surface area contributed by atoms with Crippen molar-refractivity contribution in [2.24, 2.45) is 5.73 Å². The van der Waals surface area contributed by atoms with E-state index in [1.807, 2.05) is 13.0 Å². The highest BCUT2D eigenvalue weighted by atomic mass is 32.2. The van der Waals surface area contributed by atoms with Gasteiger partial charge in [0.1, 0.15) is 10.9 Å². The normalized spacial score (nSPS) is 12.6. The fourth-order valence-corrected chi connectivity index (χ4v) is 3.43. The molecular formula is C19H24N2O4S. The van der Waals surface area contributed by atoms with Crippen molar-refractivity contribution in [1.82, 2.24) is 0 Å². The van der Waals surface area contributed by atoms with Crippen LogP contribution in [0.3, 0.4) is 0 Å². The second kappa shape index (κ2) is 8.93. The van der Waals surface area contributed by atoms with Crippen molar-refractivity contribution in [3.05, 3.63) is 60.2 Å². The molecule has 0 saturated heterocycles. The van der Waals surface area contributed by atoms with Crippen LogP contribution in [-0.2, 0) is 14.9 Å². The highest BCUT2D eigenvalue weighted by Crippen LogP contribution is 2.27. The zero-order valence-corrected chi connectivity index (χ0v) is 15.5. The molecule has 0 fully saturated rings. The van der Waals surface area contributed by atoms with Crippen LogP contribution in [0, 0.1) is 0 Å². The first-order valence-electron chi connectivity index (χ1n) is 8.54. The molecule has 2 rings (SSSR count). The molecule has 0 heterocycles. The Bertz CT molecular complexity index is 838. The summed E-state index contributed by atoms with van der Waals surface area (Å²) in [5.74, 6) is -0.414. The maximum absolute atomic E-state index is 13.0. The van der Waals surface area contributed by atoms with Gasteiger partial charge in [0, 0.05) is 6.54 Å². The van der Waals surface area contributed by atoms with Gasteiger partial charge in [-0.3, -0.25) is 9.35 Å². The molecule has 0 aliphatic heterocycles. The molecule has 0 spiro atoms. The Balaban J connectivity index is 2.43. The molecule has 140 valence electrons. The Labute approximate surface area is 154 Å². The standard InChI is InChI=1S/C19H24N2O4S/c1-2-3-9-14-21(16-12-7-8-13-17(16)26(23,24)25)19(22)18(20)15-10-5-4-6-11-15/h4-8,10-13,18H,2-3,9,14,20H2,1H3,(H,23,24,25)/t18-/m0/s1. The van der Waals surface area contributed by atoms with Gasteiger partial charge in [0.05, 0.1) is 5.69 Å². The van der Waals surface area contributed by atoms with Crippen LogP contribution >= 0.6 is 0 Å². The van der Waals surface area contributed by atoms with Crippen molar-refractivity contribution in [1.29, 1.82) is 0 Å². The summed E-state index contributed by atoms with van der Waals surface area (Å²) >= 11 is 0. The summed E-state index contributed by atoms with van der Waals surface area (Å²) < 4.78 is 33.0. The highest BCUT2D eigenvalue weighted by Gasteiger charge is 2.27. The molecule has 2 aromatic rings. The van der Waals surface area contributed by atoms with Crippen LogP contribution in [0.25, 0.3) is 0 Å². The Morgan fingerprint density at radius 2 is 1.69 bits per heavy atom. The smallest absolute Gasteiger partial charge is 0.296 e. The zero-order valence-electron chi connectivity index (χ0n) is 14.7. The predicted octanol–water partition coefficient (Wildman–Crippen LogP) is 3.16. The van der Waals surface area contributed by atoms with E-state index < -0.39 is 22.1 Å². The molecule has 3 N–H and O–H groups in total. The number of nitrogens with zero attached hydrogens (tertiary/aromatic N) is 1. The monoisotopic (exact) mass is 376 g/mol. The molecule has 26 heavy (non-hydrogen) atoms. The number of amides is 1. The minimum atomic E-state index is -4.47. The lowest BCUT2D eigenvalue weighted by molar-refractivity contribution is -0.120. The van der Waals surface area contributed by atoms with Crippen molar-refractivity contribution < 1.29 is 17.8 Å². The van der Waals surface area contributed by atoms with Crippen molar-refractivity contribution in [2.45, 2.75) is 37.1 Å². The molecule has 1 amide bonds. The van der Waals surface area contributed by atoms with Crippen molar-refractivity contribution in [2.75, 3.05) is 11.4 Å². The first kappa shape index (κ1) is 20.1. The van der Waals surface area contributed by atoms with E-state index in [4.69, 9.17) is 5.73 Å². The molecule has 0 unspecified atom stereocenters. The maximum atomic E-state index is 13.0. The van der Waals surface area contributed by atoms with E-state index in [9.17, 15) is 17.8 Å². The predicted molar refractivity (Wildman–Crippen MR) is 102 cm³/mol. The van der Waals surface area contributed by atoms with Crippen LogP contribution in [0.4, 0.5) is 5.69 Å². The third kappa shape index (κ3) is 4.91. The van der Waals surface area contributed by atoms with Gasteiger partial charge in [-0.2, -0.15) is 8.42 Å². The zero-order chi connectivity index (χ0) is 19.2. The molecule has 0 saturated carbocycles. The third-order valence-corrected chi connectivity index (χ3v) is 5.01. The van der Waals surface area contributed by atoms with Gasteiger partial charge in [0.2, 0.25) is 5.91 Å². The van der Waals surface area contributed by atoms with Gasteiger partial charge in [-0.1, -0.05) is 62.2 Å². The van der Waals surface area contributed by atoms with Crippen molar-refractivity contribution in [3.8, 4) is 0 Å². The summed E-state index contributed by atoms with van der Waals surface area (Å²) in [6.45, 7) is 2.35. The summed E-state index contributed by atoms with van der Waals surface area (Å²) in [7, 11) is -4.47. The van der Waals surface area contributed by atoms with Crippen LogP contribution in [0.5, 0.6) is 0 Å². The number of nitrogens with two attached hydrogens (primary N) is 1. The van der Waals surface area contributed by atoms with Crippen LogP contribution < -0.4 is 10.6 Å². The fourth-order valence-electron chi connectivity index (χ4n) is 2.74. The average molecular weight is 376 g/mol. The molecular weight excluding hydrogens is 352 g/mol. The van der Waals surface area contributed by atoms with E-state index in [0.29, 0.717) is 18.5 Å². The summed E-state index contributed by atoms with van der Waals surface area (Å²) in [6, 6.07) is 13.9. The van der Waals surface area contributed by atoms with E-state index in [-0.39, 0.29) is 10.6 Å². The number of unbranched alkanes of at least 4 members (excludes halogenated alkanes) is 2. The molecule has 6 nitrogen and oxygen atoms in total. The Morgan fingerprint density at radius 3 is 2.31 bits per heavy atom. The van der Waals surface area contributed by atoms with E-state index in [1.54, 1.807) is 30.3 Å². The largest absolute Gasteiger partial charge is 0.316 e. The van der Waals surface area contributed by atoms with Gasteiger partial charge < -0.3 is 10.6 Å². The molecule has 0 bridgehead atoms. The number of benzene rings is 2. The quantitative estimate of drug-likeness (QED) is 0.544.